The SMILES string of the molecule is Cc1cc2c3c(c1)N(c1ccc4c(c1)oc1c(C(C)C)cccc14)c1cc4oc5c(C(C)C)cccc5c4cc1B3c1sc(-c3ccc(C(C)(C)C)cc3)c3cccc-2c13. The van der Waals surface area contributed by atoms with E-state index < -0.39 is 0 Å². The van der Waals surface area contributed by atoms with Gasteiger partial charge in [-0.05, 0) is 102 Å². The molecule has 0 aliphatic carbocycles. The van der Waals surface area contributed by atoms with E-state index in [1.54, 1.807) is 0 Å². The second kappa shape index (κ2) is 12.5. The molecule has 2 aliphatic heterocycles. The summed E-state index contributed by atoms with van der Waals surface area (Å²) in [6.07, 6.45) is 0. The van der Waals surface area contributed by atoms with Crippen LogP contribution < -0.4 is 20.6 Å². The van der Waals surface area contributed by atoms with Gasteiger partial charge < -0.3 is 13.7 Å². The zero-order valence-electron chi connectivity index (χ0n) is 35.5. The van der Waals surface area contributed by atoms with Gasteiger partial charge in [-0.2, -0.15) is 0 Å². The van der Waals surface area contributed by atoms with E-state index in [1.165, 1.54) is 92.1 Å². The van der Waals surface area contributed by atoms with Crippen LogP contribution in [0, 0.1) is 6.92 Å². The summed E-state index contributed by atoms with van der Waals surface area (Å²) in [4.78, 5) is 3.83. The maximum Gasteiger partial charge on any atom is 0.260 e. The Bertz CT molecular complexity index is 3440. The molecule has 0 bridgehead atoms. The van der Waals surface area contributed by atoms with Crippen LogP contribution in [-0.4, -0.2) is 6.71 Å². The van der Waals surface area contributed by atoms with Crippen molar-refractivity contribution in [3.63, 3.8) is 0 Å². The molecule has 10 aromatic rings. The lowest BCUT2D eigenvalue weighted by atomic mass is 9.35. The van der Waals surface area contributed by atoms with Crippen molar-refractivity contribution in [3.8, 4) is 21.6 Å². The molecule has 0 N–H and O–H groups in total. The van der Waals surface area contributed by atoms with Crippen molar-refractivity contribution >= 4 is 105 Å². The van der Waals surface area contributed by atoms with E-state index >= 15 is 0 Å². The standard InChI is InChI=1S/C55H46BNO2S/c1-29(2)35-12-9-15-39-37-23-22-34(26-47(37)58-51(35)39)57-45-28-48-42(40-16-10-13-36(30(3)4)52(40)59-48)27-44(45)56-50-43(24-31(5)25-46(50)57)38-14-11-17-41-49(38)54(56)60-53(41)32-18-20-33(21-19-32)55(6,7)8/h9-30H,1-8H3. The Labute approximate surface area is 355 Å². The highest BCUT2D eigenvalue weighted by Crippen LogP contribution is 2.48. The van der Waals surface area contributed by atoms with Crippen LogP contribution in [0.5, 0.6) is 0 Å². The molecular weight excluding hydrogens is 749 g/mol. The average Bonchev–Trinajstić information content (AvgIpc) is 3.92. The van der Waals surface area contributed by atoms with Gasteiger partial charge in [0.2, 0.25) is 0 Å². The Balaban J connectivity index is 1.16. The van der Waals surface area contributed by atoms with E-state index in [9.17, 15) is 0 Å². The molecule has 0 amide bonds. The predicted molar refractivity (Wildman–Crippen MR) is 258 cm³/mol. The predicted octanol–water partition coefficient (Wildman–Crippen LogP) is 14.5. The van der Waals surface area contributed by atoms with Gasteiger partial charge in [0.1, 0.15) is 22.3 Å². The van der Waals surface area contributed by atoms with Crippen LogP contribution in [0.4, 0.5) is 17.1 Å². The molecule has 3 aromatic heterocycles. The highest BCUT2D eigenvalue weighted by Gasteiger charge is 2.43. The zero-order valence-corrected chi connectivity index (χ0v) is 36.3. The van der Waals surface area contributed by atoms with Crippen molar-refractivity contribution in [1.82, 2.24) is 0 Å². The Morgan fingerprint density at radius 3 is 1.93 bits per heavy atom. The van der Waals surface area contributed by atoms with E-state index in [2.05, 4.69) is 182 Å². The molecule has 0 spiro atoms. The smallest absolute Gasteiger partial charge is 0.260 e. The molecular formula is C55H46BNO2S. The van der Waals surface area contributed by atoms with Gasteiger partial charge in [0.05, 0.1) is 0 Å². The highest BCUT2D eigenvalue weighted by atomic mass is 32.1. The number of benzene rings is 7. The van der Waals surface area contributed by atoms with Crippen LogP contribution >= 0.6 is 11.3 Å². The molecule has 0 saturated carbocycles. The van der Waals surface area contributed by atoms with Crippen molar-refractivity contribution in [2.45, 2.75) is 72.6 Å². The zero-order chi connectivity index (χ0) is 40.9. The Kier molecular flexibility index (Phi) is 7.47. The van der Waals surface area contributed by atoms with Crippen molar-refractivity contribution < 1.29 is 8.83 Å². The summed E-state index contributed by atoms with van der Waals surface area (Å²) >= 11 is 1.98. The Morgan fingerprint density at radius 1 is 0.600 bits per heavy atom. The molecule has 60 heavy (non-hydrogen) atoms. The van der Waals surface area contributed by atoms with E-state index in [-0.39, 0.29) is 12.1 Å². The number of hydrogen-bond acceptors (Lipinski definition) is 4. The molecule has 7 aromatic carbocycles. The van der Waals surface area contributed by atoms with Gasteiger partial charge in [0.25, 0.3) is 6.71 Å². The third kappa shape index (κ3) is 4.96. The summed E-state index contributed by atoms with van der Waals surface area (Å²) in [7, 11) is 0. The minimum absolute atomic E-state index is 0.0398. The number of thiophene rings is 1. The molecule has 3 nitrogen and oxygen atoms in total. The van der Waals surface area contributed by atoms with Gasteiger partial charge in [-0.1, -0.05) is 139 Å². The molecule has 0 fully saturated rings. The number of nitrogens with zero attached hydrogens (tertiary/aromatic N) is 1. The summed E-state index contributed by atoms with van der Waals surface area (Å²) in [6.45, 7) is 18.1. The van der Waals surface area contributed by atoms with E-state index in [1.807, 2.05) is 11.3 Å². The maximum atomic E-state index is 6.93. The first-order valence-corrected chi connectivity index (χ1v) is 22.3. The van der Waals surface area contributed by atoms with Gasteiger partial charge in [-0.25, -0.2) is 0 Å². The fourth-order valence-electron chi connectivity index (χ4n) is 10.5. The van der Waals surface area contributed by atoms with E-state index in [4.69, 9.17) is 8.83 Å². The van der Waals surface area contributed by atoms with Gasteiger partial charge in [0, 0.05) is 61.0 Å². The van der Waals surface area contributed by atoms with Crippen molar-refractivity contribution in [2.75, 3.05) is 4.90 Å². The molecule has 2 aliphatic rings. The van der Waals surface area contributed by atoms with Crippen molar-refractivity contribution in [2.24, 2.45) is 0 Å². The maximum absolute atomic E-state index is 6.93. The second-order valence-corrected chi connectivity index (χ2v) is 20.0. The third-order valence-electron chi connectivity index (χ3n) is 13.4. The first-order chi connectivity index (χ1) is 28.9. The number of hydrogen-bond donors (Lipinski definition) is 0. The van der Waals surface area contributed by atoms with Crippen LogP contribution in [0.25, 0.3) is 76.2 Å². The van der Waals surface area contributed by atoms with Crippen LogP contribution in [0.3, 0.4) is 0 Å². The molecule has 0 atom stereocenters. The summed E-state index contributed by atoms with van der Waals surface area (Å²) in [5.41, 5.74) is 19.0. The fraction of sp³-hybridized carbons (Fsp3) is 0.200. The summed E-state index contributed by atoms with van der Waals surface area (Å²) in [5.74, 6) is 0.697. The quantitative estimate of drug-likeness (QED) is 0.166. The third-order valence-corrected chi connectivity index (χ3v) is 14.7. The van der Waals surface area contributed by atoms with Crippen LogP contribution in [0.15, 0.2) is 130 Å². The Hall–Kier alpha value is -6.04. The van der Waals surface area contributed by atoms with Gasteiger partial charge in [-0.15, -0.1) is 11.3 Å². The molecule has 12 rings (SSSR count). The average molecular weight is 796 g/mol. The van der Waals surface area contributed by atoms with Gasteiger partial charge >= 0.3 is 0 Å². The largest absolute Gasteiger partial charge is 0.456 e. The van der Waals surface area contributed by atoms with Crippen LogP contribution in [0.1, 0.15) is 82.6 Å². The minimum Gasteiger partial charge on any atom is -0.456 e. The first kappa shape index (κ1) is 35.9. The van der Waals surface area contributed by atoms with Crippen LogP contribution in [0.2, 0.25) is 0 Å². The topological polar surface area (TPSA) is 29.5 Å². The molecule has 0 saturated heterocycles. The highest BCUT2D eigenvalue weighted by molar-refractivity contribution is 7.32. The first-order valence-electron chi connectivity index (χ1n) is 21.5. The monoisotopic (exact) mass is 795 g/mol. The molecule has 292 valence electrons. The molecule has 5 heteroatoms. The lowest BCUT2D eigenvalue weighted by Crippen LogP contribution is -2.58. The van der Waals surface area contributed by atoms with Gasteiger partial charge in [-0.3, -0.25) is 0 Å². The summed E-state index contributed by atoms with van der Waals surface area (Å²) in [6, 6.07) is 45.9. The molecule has 0 unspecified atom stereocenters. The van der Waals surface area contributed by atoms with E-state index in [0.29, 0.717) is 11.8 Å². The van der Waals surface area contributed by atoms with E-state index in [0.717, 1.165) is 39.1 Å². The lowest BCUT2D eigenvalue weighted by molar-refractivity contribution is 0.590. The Morgan fingerprint density at radius 2 is 1.25 bits per heavy atom. The van der Waals surface area contributed by atoms with Gasteiger partial charge in [0.15, 0.2) is 0 Å². The number of rotatable bonds is 4. The van der Waals surface area contributed by atoms with Crippen molar-refractivity contribution in [1.29, 1.82) is 0 Å². The summed E-state index contributed by atoms with van der Waals surface area (Å²) < 4.78 is 15.2. The number of para-hydroxylation sites is 2. The van der Waals surface area contributed by atoms with Crippen molar-refractivity contribution in [3.05, 3.63) is 144 Å². The normalized spacial score (nSPS) is 13.6. The summed E-state index contributed by atoms with van der Waals surface area (Å²) in [5, 5.41) is 7.38. The second-order valence-electron chi connectivity index (χ2n) is 18.9. The van der Waals surface area contributed by atoms with Crippen LogP contribution in [-0.2, 0) is 5.41 Å². The molecule has 0 radical (unpaired) electrons. The molecule has 5 heterocycles. The number of furan rings is 2. The number of anilines is 3. The fourth-order valence-corrected chi connectivity index (χ4v) is 11.9. The number of fused-ring (bicyclic) bond motifs is 10. The minimum atomic E-state index is 0.0398. The number of aryl methyl sites for hydroxylation is 1. The lowest BCUT2D eigenvalue weighted by Gasteiger charge is -2.39.